The lowest BCUT2D eigenvalue weighted by Gasteiger charge is -2.28. The van der Waals surface area contributed by atoms with Gasteiger partial charge >= 0.3 is 18.0 Å². The Hall–Kier alpha value is -6.28. The molecule has 4 atom stereocenters. The number of hydrogen-bond donors (Lipinski definition) is 4. The Morgan fingerprint density at radius 1 is 0.758 bits per heavy atom. The van der Waals surface area contributed by atoms with Crippen molar-refractivity contribution in [3.63, 3.8) is 0 Å². The van der Waals surface area contributed by atoms with Crippen molar-refractivity contribution in [1.29, 1.82) is 0 Å². The molecule has 3 aromatic rings. The number of nitrogens with zero attached hydrogens (tertiary/aromatic N) is 1. The van der Waals surface area contributed by atoms with E-state index in [9.17, 15) is 37.2 Å². The molecule has 334 valence electrons. The molecule has 0 spiro atoms. The van der Waals surface area contributed by atoms with Crippen molar-refractivity contribution in [2.75, 3.05) is 6.26 Å². The van der Waals surface area contributed by atoms with Crippen LogP contribution in [0.5, 0.6) is 0 Å². The Labute approximate surface area is 363 Å². The Balaban J connectivity index is 1.95. The number of rotatable bonds is 17. The van der Waals surface area contributed by atoms with Crippen LogP contribution in [0.2, 0.25) is 0 Å². The van der Waals surface area contributed by atoms with Crippen LogP contribution >= 0.6 is 0 Å². The van der Waals surface area contributed by atoms with Crippen LogP contribution in [0, 0.1) is 17.8 Å². The number of para-hydroxylation sites is 1. The van der Waals surface area contributed by atoms with E-state index in [1.807, 2.05) is 12.1 Å². The van der Waals surface area contributed by atoms with Crippen molar-refractivity contribution in [2.24, 2.45) is 5.92 Å². The average Bonchev–Trinajstić information content (AvgIpc) is 3.15. The fourth-order valence-corrected chi connectivity index (χ4v) is 6.06. The van der Waals surface area contributed by atoms with Crippen LogP contribution in [-0.4, -0.2) is 90.8 Å². The van der Waals surface area contributed by atoms with E-state index in [1.165, 1.54) is 0 Å². The second-order valence-electron chi connectivity index (χ2n) is 16.8. The van der Waals surface area contributed by atoms with Crippen molar-refractivity contribution in [1.82, 2.24) is 26.3 Å². The molecule has 62 heavy (non-hydrogen) atoms. The third kappa shape index (κ3) is 19.0. The monoisotopic (exact) mass is 875 g/mol. The molecule has 0 radical (unpaired) electrons. The van der Waals surface area contributed by atoms with Crippen LogP contribution < -0.4 is 21.3 Å². The largest absolute Gasteiger partial charge is 0.460 e. The van der Waals surface area contributed by atoms with Crippen LogP contribution in [0.1, 0.15) is 79.5 Å². The Bertz CT molecular complexity index is 2270. The quantitative estimate of drug-likeness (QED) is 0.0648. The summed E-state index contributed by atoms with van der Waals surface area (Å²) in [5.41, 5.74) is -0.00225. The van der Waals surface area contributed by atoms with Gasteiger partial charge in [0.05, 0.1) is 18.0 Å². The highest BCUT2D eigenvalue weighted by Gasteiger charge is 2.33. The van der Waals surface area contributed by atoms with E-state index in [4.69, 9.17) is 14.2 Å². The lowest BCUT2D eigenvalue weighted by molar-refractivity contribution is -0.155. The van der Waals surface area contributed by atoms with Gasteiger partial charge in [-0.05, 0) is 65.2 Å². The van der Waals surface area contributed by atoms with E-state index in [2.05, 4.69) is 38.1 Å². The average molecular weight is 876 g/mol. The normalized spacial score (nSPS) is 13.7. The number of alkyl carbamates (subject to hydrolysis) is 1. The molecule has 1 aromatic heterocycles. The maximum absolute atomic E-state index is 14.3. The number of ether oxygens (including phenoxy) is 3. The first-order valence-electron chi connectivity index (χ1n) is 19.9. The molecule has 4 N–H and O–H groups in total. The third-order valence-electron chi connectivity index (χ3n) is 8.36. The minimum atomic E-state index is -3.66. The summed E-state index contributed by atoms with van der Waals surface area (Å²) in [6.07, 6.45) is 0.126. The molecule has 1 heterocycles. The number of nitrogens with one attached hydrogen (secondary N) is 4. The second kappa shape index (κ2) is 22.5. The number of carbonyl (C=O) groups excluding carboxylic acids is 6. The van der Waals surface area contributed by atoms with Crippen molar-refractivity contribution >= 4 is 56.5 Å². The maximum Gasteiger partial charge on any atom is 0.408 e. The van der Waals surface area contributed by atoms with Crippen molar-refractivity contribution in [2.45, 2.75) is 117 Å². The smallest absolute Gasteiger partial charge is 0.408 e. The van der Waals surface area contributed by atoms with Crippen LogP contribution in [0.3, 0.4) is 0 Å². The van der Waals surface area contributed by atoms with Gasteiger partial charge in [0.15, 0.2) is 9.84 Å². The molecule has 4 amide bonds. The molecule has 2 aromatic carbocycles. The van der Waals surface area contributed by atoms with Crippen LogP contribution in [0.15, 0.2) is 78.2 Å². The zero-order chi connectivity index (χ0) is 46.3. The first-order chi connectivity index (χ1) is 28.9. The number of carbonyl (C=O) groups is 6. The van der Waals surface area contributed by atoms with E-state index in [-0.39, 0.29) is 13.0 Å². The van der Waals surface area contributed by atoms with Gasteiger partial charge in [-0.3, -0.25) is 24.2 Å². The summed E-state index contributed by atoms with van der Waals surface area (Å²) in [5, 5.41) is 12.1. The topological polar surface area (TPSA) is 225 Å². The molecule has 17 heteroatoms. The van der Waals surface area contributed by atoms with E-state index in [0.29, 0.717) is 16.8 Å². The van der Waals surface area contributed by atoms with Gasteiger partial charge in [-0.25, -0.2) is 18.0 Å². The van der Waals surface area contributed by atoms with E-state index < -0.39 is 99.7 Å². The summed E-state index contributed by atoms with van der Waals surface area (Å²) in [6, 6.07) is 14.3. The van der Waals surface area contributed by atoms with Crippen LogP contribution in [0.4, 0.5) is 4.79 Å². The molecule has 0 saturated carbocycles. The predicted octanol–water partition coefficient (Wildman–Crippen LogP) is 4.21. The van der Waals surface area contributed by atoms with Crippen molar-refractivity contribution in [3.8, 4) is 11.8 Å². The highest BCUT2D eigenvalue weighted by atomic mass is 32.2. The SMILES string of the molecule is CC(C)C(NC(=O)[C@H](Cc1ccc2ccccc2n1)NC(=O)[C@H](CC#CC(=O)OC(C)(C)C)NC(=O)OCc1ccccc1)C(=O)N[C@H](/C=C/S(C)(=O)=O)CC(=O)OC(C)(C)C. The van der Waals surface area contributed by atoms with Crippen LogP contribution in [-0.2, 0) is 61.0 Å². The molecular weight excluding hydrogens is 819 g/mol. The van der Waals surface area contributed by atoms with Crippen LogP contribution in [0.25, 0.3) is 10.9 Å². The highest BCUT2D eigenvalue weighted by Crippen LogP contribution is 2.15. The summed E-state index contributed by atoms with van der Waals surface area (Å²) in [6.45, 7) is 13.1. The summed E-state index contributed by atoms with van der Waals surface area (Å²) >= 11 is 0. The lowest BCUT2D eigenvalue weighted by atomic mass is 10.0. The van der Waals surface area contributed by atoms with Gasteiger partial charge in [0.25, 0.3) is 0 Å². The molecule has 1 unspecified atom stereocenters. The van der Waals surface area contributed by atoms with Crippen molar-refractivity contribution < 1.29 is 51.4 Å². The number of aromatic nitrogens is 1. The second-order valence-corrected chi connectivity index (χ2v) is 18.8. The number of esters is 2. The lowest BCUT2D eigenvalue weighted by Crippen LogP contribution is -2.59. The zero-order valence-electron chi connectivity index (χ0n) is 36.6. The molecule has 0 aliphatic carbocycles. The van der Waals surface area contributed by atoms with Gasteiger partial charge in [-0.1, -0.05) is 80.4 Å². The first kappa shape index (κ1) is 50.1. The molecule has 0 bridgehead atoms. The highest BCUT2D eigenvalue weighted by molar-refractivity contribution is 7.93. The van der Waals surface area contributed by atoms with E-state index in [1.54, 1.807) is 110 Å². The number of fused-ring (bicyclic) bond motifs is 1. The molecule has 3 rings (SSSR count). The minimum Gasteiger partial charge on any atom is -0.460 e. The predicted molar refractivity (Wildman–Crippen MR) is 232 cm³/mol. The summed E-state index contributed by atoms with van der Waals surface area (Å²) in [7, 11) is -3.66. The minimum absolute atomic E-state index is 0.120. The van der Waals surface area contributed by atoms with Gasteiger partial charge in [0.2, 0.25) is 17.7 Å². The Morgan fingerprint density at radius 3 is 2.02 bits per heavy atom. The summed E-state index contributed by atoms with van der Waals surface area (Å²) in [4.78, 5) is 85.0. The number of pyridine rings is 1. The van der Waals surface area contributed by atoms with Gasteiger partial charge in [-0.2, -0.15) is 0 Å². The molecule has 0 saturated heterocycles. The number of amides is 4. The Kier molecular flexibility index (Phi) is 18.2. The third-order valence-corrected chi connectivity index (χ3v) is 9.01. The summed E-state index contributed by atoms with van der Waals surface area (Å²) < 4.78 is 39.9. The molecule has 0 aliphatic heterocycles. The molecule has 0 aliphatic rings. The maximum atomic E-state index is 14.3. The number of sulfone groups is 1. The van der Waals surface area contributed by atoms with Gasteiger partial charge in [0, 0.05) is 41.5 Å². The standard InChI is InChI=1S/C45H57N5O11S/c1-29(2)39(42(55)47-33(24-25-62(9,57)58)27-38(52)61-45(6,7)8)50-41(54)36(26-32-23-22-31-18-13-14-19-34(31)46-32)48-40(53)35(20-15-21-37(51)60-44(3,4)5)49-43(56)59-28-30-16-11-10-12-17-30/h10-14,16-19,22-25,29,33,35-36,39H,20,26-28H2,1-9H3,(H,47,55)(H,48,53)(H,49,56)(H,50,54)/b25-24+/t33-,35+,36+,39?/m1/s1. The first-order valence-corrected chi connectivity index (χ1v) is 21.9. The molecular formula is C45H57N5O11S. The van der Waals surface area contributed by atoms with Crippen molar-refractivity contribution in [3.05, 3.63) is 89.5 Å². The number of hydrogen-bond acceptors (Lipinski definition) is 12. The Morgan fingerprint density at radius 2 is 1.39 bits per heavy atom. The zero-order valence-corrected chi connectivity index (χ0v) is 37.4. The van der Waals surface area contributed by atoms with Gasteiger partial charge in [-0.15, -0.1) is 0 Å². The fraction of sp³-hybridized carbons (Fsp3) is 0.444. The molecule has 16 nitrogen and oxygen atoms in total. The molecule has 0 fully saturated rings. The summed E-state index contributed by atoms with van der Waals surface area (Å²) in [5.74, 6) is 0.293. The van der Waals surface area contributed by atoms with Gasteiger partial charge < -0.3 is 35.5 Å². The fourth-order valence-electron chi connectivity index (χ4n) is 5.59. The van der Waals surface area contributed by atoms with E-state index in [0.717, 1.165) is 23.1 Å². The van der Waals surface area contributed by atoms with E-state index >= 15 is 0 Å². The number of benzene rings is 2. The van der Waals surface area contributed by atoms with Gasteiger partial charge in [0.1, 0.15) is 35.9 Å².